The summed E-state index contributed by atoms with van der Waals surface area (Å²) in [5.41, 5.74) is 2.24. The van der Waals surface area contributed by atoms with Crippen LogP contribution in [-0.2, 0) is 0 Å². The lowest BCUT2D eigenvalue weighted by molar-refractivity contribution is -0.565. The van der Waals surface area contributed by atoms with E-state index < -0.39 is 18.0 Å². The highest BCUT2D eigenvalue weighted by Crippen LogP contribution is 2.27. The Balaban J connectivity index is 1.68. The van der Waals surface area contributed by atoms with E-state index in [1.54, 1.807) is 42.3 Å². The first-order valence-corrected chi connectivity index (χ1v) is 9.59. The first kappa shape index (κ1) is 19.4. The molecule has 6 nitrogen and oxygen atoms in total. The lowest BCUT2D eigenvalue weighted by atomic mass is 9.99. The van der Waals surface area contributed by atoms with Gasteiger partial charge in [0, 0.05) is 16.7 Å². The van der Waals surface area contributed by atoms with Gasteiger partial charge in [0.25, 0.3) is 5.91 Å². The van der Waals surface area contributed by atoms with Crippen molar-refractivity contribution in [2.45, 2.75) is 12.1 Å². The SMILES string of the molecule is COc1ccc(/C=[N+]2\N=C([O-])[C@@H](NC(=O)c3ccccc3)[C@@H]2c2ccccc2)cc1. The van der Waals surface area contributed by atoms with Crippen molar-refractivity contribution in [1.82, 2.24) is 5.32 Å². The number of hydrogen-bond donors (Lipinski definition) is 1. The minimum atomic E-state index is -0.797. The van der Waals surface area contributed by atoms with Gasteiger partial charge in [0.1, 0.15) is 11.8 Å². The van der Waals surface area contributed by atoms with Gasteiger partial charge >= 0.3 is 0 Å². The molecule has 0 saturated heterocycles. The Bertz CT molecular complexity index is 1080. The predicted molar refractivity (Wildman–Crippen MR) is 113 cm³/mol. The van der Waals surface area contributed by atoms with Gasteiger partial charge in [0.15, 0.2) is 0 Å². The fourth-order valence-corrected chi connectivity index (χ4v) is 3.43. The van der Waals surface area contributed by atoms with Crippen molar-refractivity contribution in [2.24, 2.45) is 5.10 Å². The standard InChI is InChI=1S/C24H21N3O3/c1-30-20-14-12-17(13-15-20)16-27-22(18-8-4-2-5-9-18)21(24(29)26-27)25-23(28)19-10-6-3-7-11-19/h2-16,21-22H,1H3,(H-,25,26,28,29)/b27-16-/t21-,22-/m0/s1. The minimum absolute atomic E-state index is 0.309. The minimum Gasteiger partial charge on any atom is -0.856 e. The van der Waals surface area contributed by atoms with Crippen LogP contribution >= 0.6 is 0 Å². The molecule has 4 rings (SSSR count). The molecular formula is C24H21N3O3. The van der Waals surface area contributed by atoms with Gasteiger partial charge in [-0.15, -0.1) is 0 Å². The Morgan fingerprint density at radius 1 is 1.00 bits per heavy atom. The molecule has 0 radical (unpaired) electrons. The molecule has 3 aromatic carbocycles. The highest BCUT2D eigenvalue weighted by Gasteiger charge is 2.41. The number of ether oxygens (including phenoxy) is 1. The monoisotopic (exact) mass is 399 g/mol. The summed E-state index contributed by atoms with van der Waals surface area (Å²) in [6, 6.07) is 24.6. The highest BCUT2D eigenvalue weighted by molar-refractivity contribution is 5.97. The largest absolute Gasteiger partial charge is 0.856 e. The van der Waals surface area contributed by atoms with Crippen LogP contribution in [0.4, 0.5) is 0 Å². The van der Waals surface area contributed by atoms with Crippen LogP contribution in [0.2, 0.25) is 0 Å². The average molecular weight is 399 g/mol. The summed E-state index contributed by atoms with van der Waals surface area (Å²) in [6.45, 7) is 0. The van der Waals surface area contributed by atoms with Crippen molar-refractivity contribution < 1.29 is 19.3 Å². The number of benzene rings is 3. The van der Waals surface area contributed by atoms with E-state index in [0.717, 1.165) is 16.9 Å². The van der Waals surface area contributed by atoms with E-state index in [1.165, 1.54) is 0 Å². The Hall–Kier alpha value is -3.93. The number of methoxy groups -OCH3 is 1. The number of carbonyl (C=O) groups excluding carboxylic acids is 1. The van der Waals surface area contributed by atoms with Gasteiger partial charge in [-0.3, -0.25) is 4.79 Å². The van der Waals surface area contributed by atoms with Crippen molar-refractivity contribution in [1.29, 1.82) is 0 Å². The molecule has 1 N–H and O–H groups in total. The van der Waals surface area contributed by atoms with Crippen LogP contribution < -0.4 is 15.2 Å². The molecule has 0 fully saturated rings. The summed E-state index contributed by atoms with van der Waals surface area (Å²) in [6.07, 6.45) is 1.80. The summed E-state index contributed by atoms with van der Waals surface area (Å²) in [4.78, 5) is 12.7. The van der Waals surface area contributed by atoms with E-state index in [9.17, 15) is 9.90 Å². The smallest absolute Gasteiger partial charge is 0.252 e. The predicted octanol–water partition coefficient (Wildman–Crippen LogP) is 2.35. The summed E-state index contributed by atoms with van der Waals surface area (Å²) in [7, 11) is 1.61. The molecule has 30 heavy (non-hydrogen) atoms. The van der Waals surface area contributed by atoms with Crippen molar-refractivity contribution in [3.63, 3.8) is 0 Å². The Morgan fingerprint density at radius 2 is 1.63 bits per heavy atom. The van der Waals surface area contributed by atoms with E-state index in [0.29, 0.717) is 5.56 Å². The molecule has 3 aromatic rings. The number of rotatable bonds is 5. The molecular weight excluding hydrogens is 378 g/mol. The molecule has 2 atom stereocenters. The zero-order valence-electron chi connectivity index (χ0n) is 16.4. The maximum Gasteiger partial charge on any atom is 0.252 e. The number of amides is 1. The molecule has 1 aliphatic rings. The van der Waals surface area contributed by atoms with E-state index >= 15 is 0 Å². The zero-order chi connectivity index (χ0) is 20.9. The summed E-state index contributed by atoms with van der Waals surface area (Å²) >= 11 is 0. The van der Waals surface area contributed by atoms with Crippen molar-refractivity contribution in [3.05, 3.63) is 102 Å². The molecule has 0 bridgehead atoms. The van der Waals surface area contributed by atoms with Gasteiger partial charge in [0.05, 0.1) is 13.0 Å². The number of nitrogens with one attached hydrogen (secondary N) is 1. The van der Waals surface area contributed by atoms with E-state index in [1.807, 2.05) is 60.7 Å². The third kappa shape index (κ3) is 4.07. The lowest BCUT2D eigenvalue weighted by Gasteiger charge is -2.20. The van der Waals surface area contributed by atoms with Crippen LogP contribution in [0.25, 0.3) is 0 Å². The first-order chi connectivity index (χ1) is 14.7. The van der Waals surface area contributed by atoms with Gasteiger partial charge < -0.3 is 15.2 Å². The van der Waals surface area contributed by atoms with Crippen LogP contribution in [0.1, 0.15) is 27.5 Å². The average Bonchev–Trinajstić information content (AvgIpc) is 3.09. The summed E-state index contributed by atoms with van der Waals surface area (Å²) < 4.78 is 6.82. The second kappa shape index (κ2) is 8.61. The third-order valence-electron chi connectivity index (χ3n) is 4.94. The van der Waals surface area contributed by atoms with E-state index in [2.05, 4.69) is 10.4 Å². The van der Waals surface area contributed by atoms with Crippen molar-refractivity contribution in [2.75, 3.05) is 7.11 Å². The van der Waals surface area contributed by atoms with Gasteiger partial charge in [0.2, 0.25) is 12.3 Å². The number of hydrogen-bond acceptors (Lipinski definition) is 4. The number of nitrogens with zero attached hydrogens (tertiary/aromatic N) is 2. The Kier molecular flexibility index (Phi) is 5.57. The van der Waals surface area contributed by atoms with Gasteiger partial charge in [-0.1, -0.05) is 53.2 Å². The lowest BCUT2D eigenvalue weighted by Crippen LogP contribution is -2.47. The molecule has 1 aliphatic heterocycles. The molecule has 1 heterocycles. The zero-order valence-corrected chi connectivity index (χ0v) is 16.4. The number of carbonyl (C=O) groups is 1. The maximum atomic E-state index is 12.8. The van der Waals surface area contributed by atoms with Gasteiger partial charge in [-0.2, -0.15) is 0 Å². The molecule has 0 spiro atoms. The topological polar surface area (TPSA) is 76.8 Å². The molecule has 1 amide bonds. The second-order valence-corrected chi connectivity index (χ2v) is 6.89. The fourth-order valence-electron chi connectivity index (χ4n) is 3.43. The molecule has 0 aromatic heterocycles. The van der Waals surface area contributed by atoms with Crippen LogP contribution in [0, 0.1) is 0 Å². The molecule has 0 unspecified atom stereocenters. The first-order valence-electron chi connectivity index (χ1n) is 9.59. The maximum absolute atomic E-state index is 12.8. The fraction of sp³-hybridized carbons (Fsp3) is 0.125. The quantitative estimate of drug-likeness (QED) is 0.669. The van der Waals surface area contributed by atoms with E-state index in [4.69, 9.17) is 4.74 Å². The van der Waals surface area contributed by atoms with E-state index in [-0.39, 0.29) is 5.91 Å². The Labute approximate surface area is 174 Å². The van der Waals surface area contributed by atoms with Crippen LogP contribution in [-0.4, -0.2) is 35.9 Å². The molecule has 0 aliphatic carbocycles. The third-order valence-corrected chi connectivity index (χ3v) is 4.94. The van der Waals surface area contributed by atoms with Crippen molar-refractivity contribution in [3.8, 4) is 5.75 Å². The molecule has 0 saturated carbocycles. The normalized spacial score (nSPS) is 19.4. The van der Waals surface area contributed by atoms with Crippen molar-refractivity contribution >= 4 is 18.0 Å². The van der Waals surface area contributed by atoms with Gasteiger partial charge in [-0.25, -0.2) is 0 Å². The Morgan fingerprint density at radius 3 is 2.27 bits per heavy atom. The highest BCUT2D eigenvalue weighted by atomic mass is 16.5. The molecule has 6 heteroatoms. The number of hydrazone groups is 1. The van der Waals surface area contributed by atoms with Crippen LogP contribution in [0.5, 0.6) is 5.75 Å². The second-order valence-electron chi connectivity index (χ2n) is 6.89. The molecule has 150 valence electrons. The van der Waals surface area contributed by atoms with Crippen LogP contribution in [0.3, 0.4) is 0 Å². The van der Waals surface area contributed by atoms with Gasteiger partial charge in [-0.05, 0) is 41.5 Å². The van der Waals surface area contributed by atoms with Crippen LogP contribution in [0.15, 0.2) is 90.0 Å². The summed E-state index contributed by atoms with van der Waals surface area (Å²) in [5.74, 6) is 0.0449. The summed E-state index contributed by atoms with van der Waals surface area (Å²) in [5, 5.41) is 19.8.